The van der Waals surface area contributed by atoms with E-state index in [1.807, 2.05) is 23.2 Å². The summed E-state index contributed by atoms with van der Waals surface area (Å²) in [5.41, 5.74) is 2.35. The van der Waals surface area contributed by atoms with E-state index >= 15 is 0 Å². The number of fused-ring (bicyclic) bond motifs is 1. The maximum Gasteiger partial charge on any atom is 0.123 e. The van der Waals surface area contributed by atoms with Gasteiger partial charge in [-0.3, -0.25) is 0 Å². The minimum Gasteiger partial charge on any atom is -0.245 e. The molecule has 0 spiro atoms. The van der Waals surface area contributed by atoms with Gasteiger partial charge in [0, 0.05) is 34.3 Å². The van der Waals surface area contributed by atoms with Crippen molar-refractivity contribution in [1.29, 1.82) is 0 Å². The van der Waals surface area contributed by atoms with Gasteiger partial charge in [0.2, 0.25) is 0 Å². The summed E-state index contributed by atoms with van der Waals surface area (Å²) in [7, 11) is 0. The van der Waals surface area contributed by atoms with Crippen molar-refractivity contribution in [2.24, 2.45) is 0 Å². The second-order valence-corrected chi connectivity index (χ2v) is 6.24. The number of hydrogen-bond acceptors (Lipinski definition) is 4. The Labute approximate surface area is 124 Å². The Morgan fingerprint density at radius 1 is 0.650 bits per heavy atom. The average Bonchev–Trinajstić information content (AvgIpc) is 3.19. The standard InChI is InChI=1S/C16H10N2S2/c1-3-13(15-17-5-7-19-15)10-12-2-4-14(9-11(1)12)16-18-6-8-20-16/h1-10H. The van der Waals surface area contributed by atoms with E-state index in [1.165, 1.54) is 21.9 Å². The van der Waals surface area contributed by atoms with Crippen molar-refractivity contribution in [2.45, 2.75) is 0 Å². The molecule has 0 saturated carbocycles. The van der Waals surface area contributed by atoms with Crippen LogP contribution < -0.4 is 0 Å². The number of rotatable bonds is 2. The fourth-order valence-corrected chi connectivity index (χ4v) is 3.51. The molecular weight excluding hydrogens is 284 g/mol. The molecule has 0 aliphatic heterocycles. The molecule has 0 aliphatic carbocycles. The Hall–Kier alpha value is -2.04. The molecule has 0 N–H and O–H groups in total. The van der Waals surface area contributed by atoms with Crippen LogP contribution >= 0.6 is 22.7 Å². The molecule has 0 fully saturated rings. The maximum atomic E-state index is 4.36. The molecule has 2 aromatic heterocycles. The van der Waals surface area contributed by atoms with Crippen molar-refractivity contribution < 1.29 is 0 Å². The smallest absolute Gasteiger partial charge is 0.123 e. The molecule has 96 valence electrons. The Morgan fingerprint density at radius 3 is 1.55 bits per heavy atom. The zero-order valence-corrected chi connectivity index (χ0v) is 12.1. The normalized spacial score (nSPS) is 11.0. The molecular formula is C16H10N2S2. The van der Waals surface area contributed by atoms with Crippen LogP contribution in [-0.4, -0.2) is 9.97 Å². The molecule has 0 saturated heterocycles. The topological polar surface area (TPSA) is 25.8 Å². The molecule has 20 heavy (non-hydrogen) atoms. The van der Waals surface area contributed by atoms with Gasteiger partial charge in [-0.15, -0.1) is 22.7 Å². The van der Waals surface area contributed by atoms with Crippen molar-refractivity contribution in [3.63, 3.8) is 0 Å². The first kappa shape index (κ1) is 11.8. The van der Waals surface area contributed by atoms with Crippen LogP contribution in [-0.2, 0) is 0 Å². The van der Waals surface area contributed by atoms with Crippen LogP contribution in [0.5, 0.6) is 0 Å². The molecule has 2 aromatic carbocycles. The summed E-state index contributed by atoms with van der Waals surface area (Å²) in [5, 5.41) is 8.61. The van der Waals surface area contributed by atoms with Gasteiger partial charge in [0.05, 0.1) is 0 Å². The average molecular weight is 294 g/mol. The predicted octanol–water partition coefficient (Wildman–Crippen LogP) is 5.09. The minimum atomic E-state index is 1.07. The van der Waals surface area contributed by atoms with Gasteiger partial charge in [-0.05, 0) is 22.9 Å². The van der Waals surface area contributed by atoms with Gasteiger partial charge in [-0.2, -0.15) is 0 Å². The third-order valence-corrected chi connectivity index (χ3v) is 4.84. The first-order chi connectivity index (χ1) is 9.90. The molecule has 4 rings (SSSR count). The Balaban J connectivity index is 1.83. The first-order valence-corrected chi connectivity index (χ1v) is 8.00. The Morgan fingerprint density at radius 2 is 1.15 bits per heavy atom. The van der Waals surface area contributed by atoms with Gasteiger partial charge in [0.1, 0.15) is 10.0 Å². The molecule has 0 amide bonds. The van der Waals surface area contributed by atoms with Crippen LogP contribution in [0, 0.1) is 0 Å². The number of hydrogen-bond donors (Lipinski definition) is 0. The van der Waals surface area contributed by atoms with Crippen LogP contribution in [0.15, 0.2) is 59.6 Å². The number of nitrogens with zero attached hydrogens (tertiary/aromatic N) is 2. The van der Waals surface area contributed by atoms with Gasteiger partial charge in [-0.1, -0.05) is 24.3 Å². The highest BCUT2D eigenvalue weighted by atomic mass is 32.1. The van der Waals surface area contributed by atoms with E-state index in [0.717, 1.165) is 10.0 Å². The fourth-order valence-electron chi connectivity index (χ4n) is 2.24. The van der Waals surface area contributed by atoms with Crippen LogP contribution in [0.4, 0.5) is 0 Å². The van der Waals surface area contributed by atoms with E-state index in [1.54, 1.807) is 22.7 Å². The van der Waals surface area contributed by atoms with Crippen molar-refractivity contribution in [3.8, 4) is 21.1 Å². The van der Waals surface area contributed by atoms with E-state index in [4.69, 9.17) is 0 Å². The fraction of sp³-hybridized carbons (Fsp3) is 0. The summed E-state index contributed by atoms with van der Waals surface area (Å²) in [6.07, 6.45) is 3.69. The largest absolute Gasteiger partial charge is 0.245 e. The lowest BCUT2D eigenvalue weighted by Crippen LogP contribution is -1.80. The van der Waals surface area contributed by atoms with E-state index < -0.39 is 0 Å². The molecule has 2 nitrogen and oxygen atoms in total. The second kappa shape index (κ2) is 4.81. The number of aromatic nitrogens is 2. The summed E-state index contributed by atoms with van der Waals surface area (Å²) < 4.78 is 0. The Kier molecular flexibility index (Phi) is 2.83. The third kappa shape index (κ3) is 2.03. The van der Waals surface area contributed by atoms with E-state index in [0.29, 0.717) is 0 Å². The summed E-state index contributed by atoms with van der Waals surface area (Å²) >= 11 is 3.33. The number of thiazole rings is 2. The zero-order valence-electron chi connectivity index (χ0n) is 10.5. The zero-order chi connectivity index (χ0) is 13.4. The van der Waals surface area contributed by atoms with Crippen LogP contribution in [0.25, 0.3) is 31.9 Å². The summed E-state index contributed by atoms with van der Waals surface area (Å²) in [4.78, 5) is 8.72. The van der Waals surface area contributed by atoms with Gasteiger partial charge < -0.3 is 0 Å². The highest BCUT2D eigenvalue weighted by Gasteiger charge is 2.05. The van der Waals surface area contributed by atoms with Crippen molar-refractivity contribution in [2.75, 3.05) is 0 Å². The minimum absolute atomic E-state index is 1.07. The van der Waals surface area contributed by atoms with E-state index in [9.17, 15) is 0 Å². The highest BCUT2D eigenvalue weighted by molar-refractivity contribution is 7.13. The van der Waals surface area contributed by atoms with Crippen LogP contribution in [0.1, 0.15) is 0 Å². The van der Waals surface area contributed by atoms with Crippen molar-refractivity contribution in [1.82, 2.24) is 9.97 Å². The molecule has 0 radical (unpaired) electrons. The third-order valence-electron chi connectivity index (χ3n) is 3.20. The molecule has 2 heterocycles. The summed E-state index contributed by atoms with van der Waals surface area (Å²) in [6.45, 7) is 0. The molecule has 0 aliphatic rings. The lowest BCUT2D eigenvalue weighted by molar-refractivity contribution is 1.41. The number of benzene rings is 2. The van der Waals surface area contributed by atoms with Gasteiger partial charge >= 0.3 is 0 Å². The molecule has 0 bridgehead atoms. The van der Waals surface area contributed by atoms with Crippen molar-refractivity contribution in [3.05, 3.63) is 59.6 Å². The predicted molar refractivity (Wildman–Crippen MR) is 86.2 cm³/mol. The maximum absolute atomic E-state index is 4.36. The molecule has 0 unspecified atom stereocenters. The van der Waals surface area contributed by atoms with E-state index in [2.05, 4.69) is 46.4 Å². The monoisotopic (exact) mass is 294 g/mol. The van der Waals surface area contributed by atoms with Crippen LogP contribution in [0.3, 0.4) is 0 Å². The highest BCUT2D eigenvalue weighted by Crippen LogP contribution is 2.29. The molecule has 0 atom stereocenters. The van der Waals surface area contributed by atoms with Crippen LogP contribution in [0.2, 0.25) is 0 Å². The summed E-state index contributed by atoms with van der Waals surface area (Å²) in [5.74, 6) is 0. The molecule has 4 heteroatoms. The van der Waals surface area contributed by atoms with Gasteiger partial charge in [0.15, 0.2) is 0 Å². The quantitative estimate of drug-likeness (QED) is 0.515. The van der Waals surface area contributed by atoms with Crippen molar-refractivity contribution >= 4 is 33.4 Å². The lowest BCUT2D eigenvalue weighted by atomic mass is 10.0. The second-order valence-electron chi connectivity index (χ2n) is 4.45. The van der Waals surface area contributed by atoms with E-state index in [-0.39, 0.29) is 0 Å². The first-order valence-electron chi connectivity index (χ1n) is 6.24. The summed E-state index contributed by atoms with van der Waals surface area (Å²) in [6, 6.07) is 13.0. The lowest BCUT2D eigenvalue weighted by Gasteiger charge is -2.03. The Bertz CT molecular complexity index is 776. The SMILES string of the molecule is c1csc(-c2ccc3cc(-c4nccs4)ccc3c2)n1. The van der Waals surface area contributed by atoms with Gasteiger partial charge in [0.25, 0.3) is 0 Å². The molecule has 4 aromatic rings. The van der Waals surface area contributed by atoms with Gasteiger partial charge in [-0.25, -0.2) is 9.97 Å².